The second-order valence-electron chi connectivity index (χ2n) is 9.33. The summed E-state index contributed by atoms with van der Waals surface area (Å²) in [4.78, 5) is 28.5. The minimum atomic E-state index is -4.25. The molecule has 0 saturated heterocycles. The second-order valence-corrected chi connectivity index (χ2v) is 11.6. The number of anilines is 1. The van der Waals surface area contributed by atoms with Crippen LogP contribution in [-0.4, -0.2) is 58.5 Å². The minimum absolute atomic E-state index is 0.00980. The molecule has 9 nitrogen and oxygen atoms in total. The first-order valence-electron chi connectivity index (χ1n) is 13.2. The van der Waals surface area contributed by atoms with Crippen LogP contribution in [0.2, 0.25) is 5.02 Å². The van der Waals surface area contributed by atoms with Gasteiger partial charge in [0.15, 0.2) is 0 Å². The number of hydrogen-bond donors (Lipinski definition) is 1. The van der Waals surface area contributed by atoms with Crippen LogP contribution in [0.3, 0.4) is 0 Å². The number of hydrogen-bond acceptors (Lipinski definition) is 6. The van der Waals surface area contributed by atoms with Crippen molar-refractivity contribution >= 4 is 39.1 Å². The third-order valence-electron chi connectivity index (χ3n) is 6.50. The standard InChI is InChI=1S/C30H36ClN3O6S/c1-5-6-17-32-30(36)22(2)33(20-23-11-10-12-24(31)18-23)29(35)21-34(41(37,38)26-13-8-7-9-14-26)27-19-25(39-3)15-16-28(27)40-4/h7-16,18-19,22H,5-6,17,20-21H2,1-4H3,(H,32,36)/t22-/m1/s1. The summed E-state index contributed by atoms with van der Waals surface area (Å²) in [7, 11) is -1.39. The summed E-state index contributed by atoms with van der Waals surface area (Å²) >= 11 is 6.19. The van der Waals surface area contributed by atoms with E-state index in [0.717, 1.165) is 17.1 Å². The van der Waals surface area contributed by atoms with Crippen molar-refractivity contribution in [2.45, 2.75) is 44.2 Å². The largest absolute Gasteiger partial charge is 0.497 e. The molecule has 0 aliphatic heterocycles. The predicted octanol–water partition coefficient (Wildman–Crippen LogP) is 4.89. The normalized spacial score (nSPS) is 11.8. The monoisotopic (exact) mass is 601 g/mol. The number of carbonyl (C=O) groups is 2. The molecule has 3 rings (SSSR count). The van der Waals surface area contributed by atoms with Crippen LogP contribution in [-0.2, 0) is 26.2 Å². The van der Waals surface area contributed by atoms with Gasteiger partial charge in [-0.25, -0.2) is 8.42 Å². The summed E-state index contributed by atoms with van der Waals surface area (Å²) in [5, 5.41) is 3.34. The molecule has 0 aliphatic rings. The fraction of sp³-hybridized carbons (Fsp3) is 0.333. The maximum Gasteiger partial charge on any atom is 0.264 e. The van der Waals surface area contributed by atoms with Crippen LogP contribution >= 0.6 is 11.6 Å². The average Bonchev–Trinajstić information content (AvgIpc) is 2.98. The Bertz CT molecular complexity index is 1440. The molecule has 3 aromatic carbocycles. The van der Waals surface area contributed by atoms with E-state index in [1.807, 2.05) is 6.92 Å². The van der Waals surface area contributed by atoms with Crippen LogP contribution in [0.5, 0.6) is 11.5 Å². The molecule has 41 heavy (non-hydrogen) atoms. The van der Waals surface area contributed by atoms with Gasteiger partial charge in [-0.1, -0.05) is 55.3 Å². The molecule has 0 aliphatic carbocycles. The summed E-state index contributed by atoms with van der Waals surface area (Å²) in [5.74, 6) is -0.330. The molecule has 0 fully saturated rings. The Morgan fingerprint density at radius 3 is 2.34 bits per heavy atom. The van der Waals surface area contributed by atoms with E-state index in [9.17, 15) is 18.0 Å². The van der Waals surface area contributed by atoms with Crippen LogP contribution in [0.1, 0.15) is 32.3 Å². The van der Waals surface area contributed by atoms with E-state index in [1.54, 1.807) is 61.5 Å². The zero-order valence-corrected chi connectivity index (χ0v) is 25.2. The van der Waals surface area contributed by atoms with Gasteiger partial charge in [-0.05, 0) is 55.3 Å². The Kier molecular flexibility index (Phi) is 11.4. The molecule has 2 amide bonds. The number of benzene rings is 3. The lowest BCUT2D eigenvalue weighted by molar-refractivity contribution is -0.139. The molecule has 0 bridgehead atoms. The fourth-order valence-electron chi connectivity index (χ4n) is 4.18. The average molecular weight is 602 g/mol. The van der Waals surface area contributed by atoms with Gasteiger partial charge in [-0.15, -0.1) is 0 Å². The summed E-state index contributed by atoms with van der Waals surface area (Å²) in [6, 6.07) is 18.6. The van der Waals surface area contributed by atoms with E-state index < -0.39 is 28.5 Å². The third-order valence-corrected chi connectivity index (χ3v) is 8.51. The molecule has 0 spiro atoms. The van der Waals surface area contributed by atoms with Crippen molar-refractivity contribution in [1.82, 2.24) is 10.2 Å². The van der Waals surface area contributed by atoms with Gasteiger partial charge in [0.25, 0.3) is 10.0 Å². The topological polar surface area (TPSA) is 105 Å². The quantitative estimate of drug-likeness (QED) is 0.264. The Balaban J connectivity index is 2.08. The van der Waals surface area contributed by atoms with Crippen molar-refractivity contribution in [3.63, 3.8) is 0 Å². The fourth-order valence-corrected chi connectivity index (χ4v) is 5.83. The molecule has 220 valence electrons. The molecular weight excluding hydrogens is 566 g/mol. The minimum Gasteiger partial charge on any atom is -0.497 e. The highest BCUT2D eigenvalue weighted by Gasteiger charge is 2.34. The lowest BCUT2D eigenvalue weighted by atomic mass is 10.1. The number of amides is 2. The van der Waals surface area contributed by atoms with Gasteiger partial charge in [0, 0.05) is 24.2 Å². The number of ether oxygens (including phenoxy) is 2. The molecule has 1 N–H and O–H groups in total. The van der Waals surface area contributed by atoms with Gasteiger partial charge in [0.05, 0.1) is 24.8 Å². The first-order chi connectivity index (χ1) is 19.6. The number of carbonyl (C=O) groups excluding carboxylic acids is 2. The first-order valence-corrected chi connectivity index (χ1v) is 15.1. The smallest absolute Gasteiger partial charge is 0.264 e. The Labute approximate surface area is 247 Å². The Morgan fingerprint density at radius 2 is 1.71 bits per heavy atom. The predicted molar refractivity (Wildman–Crippen MR) is 160 cm³/mol. The summed E-state index contributed by atoms with van der Waals surface area (Å²) in [6.07, 6.45) is 1.69. The van der Waals surface area contributed by atoms with Gasteiger partial charge < -0.3 is 19.7 Å². The number of halogens is 1. The van der Waals surface area contributed by atoms with Gasteiger partial charge in [0.2, 0.25) is 11.8 Å². The van der Waals surface area contributed by atoms with E-state index in [4.69, 9.17) is 21.1 Å². The molecule has 11 heteroatoms. The van der Waals surface area contributed by atoms with Crippen molar-refractivity contribution in [1.29, 1.82) is 0 Å². The molecule has 0 radical (unpaired) electrons. The first kappa shape index (κ1) is 31.8. The Morgan fingerprint density at radius 1 is 0.976 bits per heavy atom. The van der Waals surface area contributed by atoms with Crippen molar-refractivity contribution in [2.24, 2.45) is 0 Å². The SMILES string of the molecule is CCCCNC(=O)[C@@H](C)N(Cc1cccc(Cl)c1)C(=O)CN(c1cc(OC)ccc1OC)S(=O)(=O)c1ccccc1. The molecule has 0 saturated carbocycles. The zero-order chi connectivity index (χ0) is 30.0. The highest BCUT2D eigenvalue weighted by atomic mass is 35.5. The van der Waals surface area contributed by atoms with E-state index in [0.29, 0.717) is 22.9 Å². The Hall–Kier alpha value is -3.76. The molecule has 3 aromatic rings. The number of unbranched alkanes of at least 4 members (excludes halogenated alkanes) is 1. The zero-order valence-electron chi connectivity index (χ0n) is 23.7. The molecular formula is C30H36ClN3O6S. The van der Waals surface area contributed by atoms with E-state index >= 15 is 0 Å². The maximum atomic E-state index is 14.1. The van der Waals surface area contributed by atoms with Gasteiger partial charge in [-0.3, -0.25) is 13.9 Å². The van der Waals surface area contributed by atoms with Crippen molar-refractivity contribution < 1.29 is 27.5 Å². The van der Waals surface area contributed by atoms with Gasteiger partial charge in [-0.2, -0.15) is 0 Å². The number of nitrogens with one attached hydrogen (secondary N) is 1. The second kappa shape index (κ2) is 14.7. The number of nitrogens with zero attached hydrogens (tertiary/aromatic N) is 2. The van der Waals surface area contributed by atoms with E-state index in [-0.39, 0.29) is 28.8 Å². The van der Waals surface area contributed by atoms with Crippen LogP contribution < -0.4 is 19.1 Å². The van der Waals surface area contributed by atoms with Gasteiger partial charge in [0.1, 0.15) is 24.1 Å². The van der Waals surface area contributed by atoms with Crippen LogP contribution in [0, 0.1) is 0 Å². The lowest BCUT2D eigenvalue weighted by Crippen LogP contribution is -2.51. The van der Waals surface area contributed by atoms with E-state index in [1.165, 1.54) is 37.3 Å². The van der Waals surface area contributed by atoms with Crippen molar-refractivity contribution in [3.8, 4) is 11.5 Å². The molecule has 0 unspecified atom stereocenters. The number of rotatable bonds is 14. The van der Waals surface area contributed by atoms with Crippen molar-refractivity contribution in [3.05, 3.63) is 83.4 Å². The summed E-state index contributed by atoms with van der Waals surface area (Å²) < 4.78 is 39.8. The van der Waals surface area contributed by atoms with Crippen LogP contribution in [0.15, 0.2) is 77.7 Å². The maximum absolute atomic E-state index is 14.1. The van der Waals surface area contributed by atoms with Crippen LogP contribution in [0.25, 0.3) is 0 Å². The number of methoxy groups -OCH3 is 2. The van der Waals surface area contributed by atoms with Crippen molar-refractivity contribution in [2.75, 3.05) is 31.6 Å². The highest BCUT2D eigenvalue weighted by molar-refractivity contribution is 7.92. The van der Waals surface area contributed by atoms with Gasteiger partial charge >= 0.3 is 0 Å². The lowest BCUT2D eigenvalue weighted by Gasteiger charge is -2.32. The van der Waals surface area contributed by atoms with E-state index in [2.05, 4.69) is 5.32 Å². The summed E-state index contributed by atoms with van der Waals surface area (Å²) in [5.41, 5.74) is 0.808. The number of sulfonamides is 1. The third kappa shape index (κ3) is 8.14. The summed E-state index contributed by atoms with van der Waals surface area (Å²) in [6.45, 7) is 3.53. The highest BCUT2D eigenvalue weighted by Crippen LogP contribution is 2.36. The molecule has 1 atom stereocenters. The van der Waals surface area contributed by atoms with Crippen LogP contribution in [0.4, 0.5) is 5.69 Å². The molecule has 0 aromatic heterocycles. The molecule has 0 heterocycles.